The van der Waals surface area contributed by atoms with E-state index < -0.39 is 5.60 Å². The molecule has 0 bridgehead atoms. The fraction of sp³-hybridized carbons (Fsp3) is 0.267. The zero-order chi connectivity index (χ0) is 13.7. The fourth-order valence-electron chi connectivity index (χ4n) is 2.14. The number of hydrogen-bond donors (Lipinski definition) is 2. The second kappa shape index (κ2) is 6.04. The molecule has 1 atom stereocenters. The molecule has 3 nitrogen and oxygen atoms in total. The number of rotatable bonds is 5. The van der Waals surface area contributed by atoms with E-state index in [2.05, 4.69) is 4.98 Å². The van der Waals surface area contributed by atoms with Gasteiger partial charge in [-0.1, -0.05) is 30.3 Å². The number of nitrogens with zero attached hydrogens (tertiary/aromatic N) is 1. The molecule has 0 saturated heterocycles. The molecular formula is C15H17ClN2O. The molecule has 0 radical (unpaired) electrons. The maximum atomic E-state index is 10.9. The van der Waals surface area contributed by atoms with Crippen molar-refractivity contribution in [3.8, 4) is 0 Å². The topological polar surface area (TPSA) is 59.1 Å². The van der Waals surface area contributed by atoms with Crippen molar-refractivity contribution in [3.63, 3.8) is 0 Å². The molecule has 2 rings (SSSR count). The highest BCUT2D eigenvalue weighted by Crippen LogP contribution is 2.31. The van der Waals surface area contributed by atoms with Crippen molar-refractivity contribution >= 4 is 17.3 Å². The number of aliphatic hydroxyl groups is 1. The minimum absolute atomic E-state index is 0.381. The number of nitrogens with two attached hydrogens (primary N) is 1. The van der Waals surface area contributed by atoms with Crippen LogP contribution in [0.15, 0.2) is 48.8 Å². The van der Waals surface area contributed by atoms with Crippen molar-refractivity contribution in [2.75, 3.05) is 11.6 Å². The van der Waals surface area contributed by atoms with Gasteiger partial charge in [0.1, 0.15) is 0 Å². The van der Waals surface area contributed by atoms with Crippen LogP contribution in [-0.4, -0.2) is 16.0 Å². The third-order valence-electron chi connectivity index (χ3n) is 3.24. The predicted octanol–water partition coefficient (Wildman–Crippen LogP) is 2.72. The van der Waals surface area contributed by atoms with E-state index in [1.165, 1.54) is 0 Å². The first kappa shape index (κ1) is 13.8. The van der Waals surface area contributed by atoms with Gasteiger partial charge in [0, 0.05) is 30.4 Å². The summed E-state index contributed by atoms with van der Waals surface area (Å²) in [5, 5.41) is 10.9. The minimum atomic E-state index is -1.01. The lowest BCUT2D eigenvalue weighted by molar-refractivity contribution is 0.0337. The molecule has 1 aromatic heterocycles. The molecule has 4 heteroatoms. The van der Waals surface area contributed by atoms with Crippen molar-refractivity contribution in [2.45, 2.75) is 18.4 Å². The summed E-state index contributed by atoms with van der Waals surface area (Å²) in [6.07, 6.45) is 4.20. The van der Waals surface area contributed by atoms with E-state index in [4.69, 9.17) is 17.3 Å². The molecule has 100 valence electrons. The maximum Gasteiger partial charge on any atom is 0.0949 e. The van der Waals surface area contributed by atoms with Crippen molar-refractivity contribution in [3.05, 3.63) is 59.9 Å². The largest absolute Gasteiger partial charge is 0.398 e. The zero-order valence-electron chi connectivity index (χ0n) is 10.6. The summed E-state index contributed by atoms with van der Waals surface area (Å²) in [6.45, 7) is 0. The molecule has 0 aliphatic carbocycles. The molecule has 0 saturated carbocycles. The number of nitrogen functional groups attached to an aromatic ring is 1. The standard InChI is InChI=1S/C15H17ClN2O/c16-8-7-15(19,13-4-2-1-3-5-13)10-12-11-18-9-6-14(12)17/h1-6,9,11,19H,7-8,10H2,(H2,17,18). The minimum Gasteiger partial charge on any atom is -0.398 e. The van der Waals surface area contributed by atoms with Gasteiger partial charge in [0.2, 0.25) is 0 Å². The van der Waals surface area contributed by atoms with Crippen LogP contribution in [0.1, 0.15) is 17.5 Å². The molecule has 0 aliphatic rings. The number of benzene rings is 1. The van der Waals surface area contributed by atoms with Gasteiger partial charge >= 0.3 is 0 Å². The number of hydrogen-bond acceptors (Lipinski definition) is 3. The van der Waals surface area contributed by atoms with E-state index in [1.807, 2.05) is 30.3 Å². The van der Waals surface area contributed by atoms with E-state index in [0.29, 0.717) is 24.4 Å². The summed E-state index contributed by atoms with van der Waals surface area (Å²) < 4.78 is 0. The Labute approximate surface area is 118 Å². The van der Waals surface area contributed by atoms with Gasteiger partial charge in [0.25, 0.3) is 0 Å². The van der Waals surface area contributed by atoms with Crippen LogP contribution in [0.5, 0.6) is 0 Å². The van der Waals surface area contributed by atoms with Gasteiger partial charge in [-0.25, -0.2) is 0 Å². The Bertz CT molecular complexity index is 533. The van der Waals surface area contributed by atoms with Gasteiger partial charge in [0.05, 0.1) is 5.60 Å². The first-order valence-corrected chi connectivity index (χ1v) is 6.71. The SMILES string of the molecule is Nc1ccncc1CC(O)(CCCl)c1ccccc1. The Hall–Kier alpha value is -1.58. The second-order valence-electron chi connectivity index (χ2n) is 4.59. The third kappa shape index (κ3) is 3.25. The molecule has 1 aromatic carbocycles. The number of anilines is 1. The van der Waals surface area contributed by atoms with Crippen LogP contribution in [-0.2, 0) is 12.0 Å². The molecule has 0 aliphatic heterocycles. The lowest BCUT2D eigenvalue weighted by Gasteiger charge is -2.28. The molecule has 3 N–H and O–H groups in total. The summed E-state index contributed by atoms with van der Waals surface area (Å²) >= 11 is 5.83. The molecule has 1 heterocycles. The van der Waals surface area contributed by atoms with Gasteiger partial charge in [-0.3, -0.25) is 4.98 Å². The number of aromatic nitrogens is 1. The average molecular weight is 277 g/mol. The third-order valence-corrected chi connectivity index (χ3v) is 3.43. The van der Waals surface area contributed by atoms with Gasteiger partial charge in [-0.2, -0.15) is 0 Å². The van der Waals surface area contributed by atoms with Crippen LogP contribution >= 0.6 is 11.6 Å². The van der Waals surface area contributed by atoms with Crippen molar-refractivity contribution in [1.29, 1.82) is 0 Å². The monoisotopic (exact) mass is 276 g/mol. The van der Waals surface area contributed by atoms with Crippen LogP contribution in [0.2, 0.25) is 0 Å². The highest BCUT2D eigenvalue weighted by Gasteiger charge is 2.29. The molecular weight excluding hydrogens is 260 g/mol. The van der Waals surface area contributed by atoms with Crippen molar-refractivity contribution in [2.24, 2.45) is 0 Å². The van der Waals surface area contributed by atoms with E-state index >= 15 is 0 Å². The lowest BCUT2D eigenvalue weighted by Crippen LogP contribution is -2.29. The summed E-state index contributed by atoms with van der Waals surface area (Å²) in [4.78, 5) is 4.06. The first-order chi connectivity index (χ1) is 9.15. The Morgan fingerprint density at radius 1 is 1.21 bits per heavy atom. The first-order valence-electron chi connectivity index (χ1n) is 6.18. The normalized spacial score (nSPS) is 14.0. The van der Waals surface area contributed by atoms with Crippen molar-refractivity contribution in [1.82, 2.24) is 4.98 Å². The summed E-state index contributed by atoms with van der Waals surface area (Å²) in [5.74, 6) is 0.381. The lowest BCUT2D eigenvalue weighted by atomic mass is 9.85. The summed E-state index contributed by atoms with van der Waals surface area (Å²) in [5.41, 5.74) is 7.22. The second-order valence-corrected chi connectivity index (χ2v) is 4.97. The van der Waals surface area contributed by atoms with Crippen LogP contribution in [0.25, 0.3) is 0 Å². The van der Waals surface area contributed by atoms with Gasteiger partial charge in [0.15, 0.2) is 0 Å². The molecule has 0 fully saturated rings. The van der Waals surface area contributed by atoms with Crippen LogP contribution in [0.3, 0.4) is 0 Å². The van der Waals surface area contributed by atoms with Crippen molar-refractivity contribution < 1.29 is 5.11 Å². The maximum absolute atomic E-state index is 10.9. The fourth-order valence-corrected chi connectivity index (χ4v) is 2.45. The van der Waals surface area contributed by atoms with E-state index in [0.717, 1.165) is 11.1 Å². The molecule has 0 spiro atoms. The highest BCUT2D eigenvalue weighted by atomic mass is 35.5. The Morgan fingerprint density at radius 3 is 2.58 bits per heavy atom. The van der Waals surface area contributed by atoms with Crippen LogP contribution < -0.4 is 5.73 Å². The van der Waals surface area contributed by atoms with E-state index in [9.17, 15) is 5.11 Å². The van der Waals surface area contributed by atoms with Gasteiger partial charge < -0.3 is 10.8 Å². The number of alkyl halides is 1. The van der Waals surface area contributed by atoms with Crippen LogP contribution in [0.4, 0.5) is 5.69 Å². The van der Waals surface area contributed by atoms with E-state index in [1.54, 1.807) is 18.5 Å². The van der Waals surface area contributed by atoms with Crippen LogP contribution in [0, 0.1) is 0 Å². The summed E-state index contributed by atoms with van der Waals surface area (Å²) in [6, 6.07) is 11.3. The van der Waals surface area contributed by atoms with E-state index in [-0.39, 0.29) is 0 Å². The Kier molecular flexibility index (Phi) is 4.40. The Balaban J connectivity index is 2.33. The number of pyridine rings is 1. The average Bonchev–Trinajstić information content (AvgIpc) is 2.43. The molecule has 2 aromatic rings. The molecule has 0 amide bonds. The molecule has 19 heavy (non-hydrogen) atoms. The number of halogens is 1. The predicted molar refractivity (Wildman–Crippen MR) is 78.0 cm³/mol. The highest BCUT2D eigenvalue weighted by molar-refractivity contribution is 6.17. The van der Waals surface area contributed by atoms with Gasteiger partial charge in [-0.15, -0.1) is 11.6 Å². The zero-order valence-corrected chi connectivity index (χ0v) is 11.3. The quantitative estimate of drug-likeness (QED) is 0.826. The molecule has 1 unspecified atom stereocenters. The summed E-state index contributed by atoms with van der Waals surface area (Å²) in [7, 11) is 0. The smallest absolute Gasteiger partial charge is 0.0949 e. The van der Waals surface area contributed by atoms with Gasteiger partial charge in [-0.05, 0) is 23.6 Å². The Morgan fingerprint density at radius 2 is 1.95 bits per heavy atom.